The Morgan fingerprint density at radius 3 is 2.77 bits per heavy atom. The zero-order valence-corrected chi connectivity index (χ0v) is 16.0. The second-order valence-corrected chi connectivity index (χ2v) is 8.25. The average Bonchev–Trinajstić information content (AvgIpc) is 2.88. The van der Waals surface area contributed by atoms with Gasteiger partial charge < -0.3 is 15.7 Å². The molecule has 2 aliphatic rings. The van der Waals surface area contributed by atoms with Crippen LogP contribution in [0.4, 0.5) is 0 Å². The van der Waals surface area contributed by atoms with Gasteiger partial charge in [0.1, 0.15) is 0 Å². The van der Waals surface area contributed by atoms with Gasteiger partial charge in [-0.25, -0.2) is 0 Å². The number of carbonyl (C=O) groups is 1. The minimum Gasteiger partial charge on any atom is -0.389 e. The van der Waals surface area contributed by atoms with Crippen molar-refractivity contribution in [2.75, 3.05) is 13.1 Å². The van der Waals surface area contributed by atoms with Crippen molar-refractivity contribution in [1.29, 1.82) is 0 Å². The van der Waals surface area contributed by atoms with Gasteiger partial charge >= 0.3 is 0 Å². The van der Waals surface area contributed by atoms with Crippen LogP contribution in [0.1, 0.15) is 40.5 Å². The number of pyridine rings is 1. The van der Waals surface area contributed by atoms with Gasteiger partial charge in [-0.2, -0.15) is 0 Å². The first-order valence-corrected chi connectivity index (χ1v) is 9.72. The van der Waals surface area contributed by atoms with Crippen LogP contribution in [0.3, 0.4) is 0 Å². The summed E-state index contributed by atoms with van der Waals surface area (Å²) in [5, 5.41) is 10.2. The van der Waals surface area contributed by atoms with E-state index in [0.717, 1.165) is 21.3 Å². The number of hydrogen-bond acceptors (Lipinski definition) is 4. The van der Waals surface area contributed by atoms with Crippen molar-refractivity contribution < 1.29 is 9.90 Å². The highest BCUT2D eigenvalue weighted by Crippen LogP contribution is 2.42. The fourth-order valence-electron chi connectivity index (χ4n) is 4.22. The normalized spacial score (nSPS) is 27.3. The zero-order chi connectivity index (χ0) is 18.3. The predicted molar refractivity (Wildman–Crippen MR) is 103 cm³/mol. The van der Waals surface area contributed by atoms with Crippen molar-refractivity contribution in [2.45, 2.75) is 30.9 Å². The number of rotatable bonds is 5. The molecule has 4 rings (SSSR count). The van der Waals surface area contributed by atoms with Crippen molar-refractivity contribution >= 4 is 21.8 Å². The van der Waals surface area contributed by atoms with Gasteiger partial charge in [0.2, 0.25) is 0 Å². The summed E-state index contributed by atoms with van der Waals surface area (Å²) in [5.41, 5.74) is 7.66. The molecule has 136 valence electrons. The van der Waals surface area contributed by atoms with Gasteiger partial charge in [-0.1, -0.05) is 18.2 Å². The highest BCUT2D eigenvalue weighted by molar-refractivity contribution is 9.10. The van der Waals surface area contributed by atoms with E-state index in [2.05, 4.69) is 20.9 Å². The lowest BCUT2D eigenvalue weighted by Crippen LogP contribution is -2.53. The van der Waals surface area contributed by atoms with E-state index in [4.69, 9.17) is 5.73 Å². The third-order valence-corrected chi connectivity index (χ3v) is 6.30. The molecule has 5 nitrogen and oxygen atoms in total. The maximum absolute atomic E-state index is 13.0. The number of halogens is 1. The molecule has 1 aliphatic heterocycles. The third-order valence-electron chi connectivity index (χ3n) is 5.58. The summed E-state index contributed by atoms with van der Waals surface area (Å²) in [4.78, 5) is 19.4. The van der Waals surface area contributed by atoms with Crippen molar-refractivity contribution in [2.24, 2.45) is 11.7 Å². The fraction of sp³-hybridized carbons (Fsp3) is 0.400. The molecule has 1 aliphatic carbocycles. The molecule has 26 heavy (non-hydrogen) atoms. The van der Waals surface area contributed by atoms with E-state index in [1.807, 2.05) is 41.3 Å². The SMILES string of the molecule is NCC1(O)CC(CN2C(=O)c3ccccc3C2Cc2ncccc2Br)C1. The Bertz CT molecular complexity index is 835. The van der Waals surface area contributed by atoms with E-state index in [1.54, 1.807) is 6.20 Å². The second kappa shape index (κ2) is 6.76. The van der Waals surface area contributed by atoms with Gasteiger partial charge in [-0.3, -0.25) is 9.78 Å². The van der Waals surface area contributed by atoms with Crippen LogP contribution in [-0.2, 0) is 6.42 Å². The Morgan fingerprint density at radius 2 is 2.04 bits per heavy atom. The summed E-state index contributed by atoms with van der Waals surface area (Å²) >= 11 is 3.57. The second-order valence-electron chi connectivity index (χ2n) is 7.40. The van der Waals surface area contributed by atoms with Crippen LogP contribution in [0.15, 0.2) is 47.1 Å². The molecule has 2 aromatic rings. The standard InChI is InChI=1S/C20H22BrN3O2/c21-16-6-3-7-23-17(16)8-18-14-4-1-2-5-15(14)19(25)24(18)11-13-9-20(26,10-13)12-22/h1-7,13,18,26H,8-12,22H2. The molecular weight excluding hydrogens is 394 g/mol. The highest BCUT2D eigenvalue weighted by atomic mass is 79.9. The average molecular weight is 416 g/mol. The molecule has 1 fully saturated rings. The first-order valence-electron chi connectivity index (χ1n) is 8.92. The Kier molecular flexibility index (Phi) is 4.59. The van der Waals surface area contributed by atoms with Crippen LogP contribution < -0.4 is 5.73 Å². The van der Waals surface area contributed by atoms with E-state index in [0.29, 0.717) is 25.8 Å². The van der Waals surface area contributed by atoms with Crippen molar-refractivity contribution in [3.63, 3.8) is 0 Å². The van der Waals surface area contributed by atoms with Crippen molar-refractivity contribution in [1.82, 2.24) is 9.88 Å². The molecule has 0 bridgehead atoms. The van der Waals surface area contributed by atoms with E-state index < -0.39 is 5.60 Å². The Labute approximate surface area is 161 Å². The predicted octanol–water partition coefficient (Wildman–Crippen LogP) is 2.68. The molecule has 1 saturated carbocycles. The van der Waals surface area contributed by atoms with Crippen LogP contribution in [-0.4, -0.2) is 39.6 Å². The largest absolute Gasteiger partial charge is 0.389 e. The van der Waals surface area contributed by atoms with Crippen molar-refractivity contribution in [3.05, 3.63) is 63.9 Å². The van der Waals surface area contributed by atoms with Crippen molar-refractivity contribution in [3.8, 4) is 0 Å². The van der Waals surface area contributed by atoms with Crippen LogP contribution in [0.25, 0.3) is 0 Å². The van der Waals surface area contributed by atoms with Crippen LogP contribution in [0.5, 0.6) is 0 Å². The van der Waals surface area contributed by atoms with Crippen LogP contribution >= 0.6 is 15.9 Å². The van der Waals surface area contributed by atoms with E-state index >= 15 is 0 Å². The number of aliphatic hydroxyl groups is 1. The van der Waals surface area contributed by atoms with Gasteiger partial charge in [0, 0.05) is 35.7 Å². The number of aromatic nitrogens is 1. The van der Waals surface area contributed by atoms with Gasteiger partial charge in [0.05, 0.1) is 17.3 Å². The zero-order valence-electron chi connectivity index (χ0n) is 14.4. The minimum atomic E-state index is -0.750. The molecule has 0 spiro atoms. The molecular formula is C20H22BrN3O2. The van der Waals surface area contributed by atoms with Gasteiger partial charge in [-0.05, 0) is 58.5 Å². The van der Waals surface area contributed by atoms with Crippen LogP contribution in [0, 0.1) is 5.92 Å². The van der Waals surface area contributed by atoms with E-state index in [9.17, 15) is 9.90 Å². The summed E-state index contributed by atoms with van der Waals surface area (Å²) < 4.78 is 0.956. The summed E-state index contributed by atoms with van der Waals surface area (Å²) in [6, 6.07) is 11.7. The number of benzene rings is 1. The monoisotopic (exact) mass is 415 g/mol. The minimum absolute atomic E-state index is 0.0310. The number of carbonyl (C=O) groups excluding carboxylic acids is 1. The molecule has 1 aromatic heterocycles. The summed E-state index contributed by atoms with van der Waals surface area (Å²) in [7, 11) is 0. The lowest BCUT2D eigenvalue weighted by molar-refractivity contribution is -0.0730. The molecule has 1 unspecified atom stereocenters. The molecule has 1 atom stereocenters. The quantitative estimate of drug-likeness (QED) is 0.786. The topological polar surface area (TPSA) is 79.5 Å². The number of amides is 1. The van der Waals surface area contributed by atoms with Gasteiger partial charge in [0.15, 0.2) is 0 Å². The van der Waals surface area contributed by atoms with Gasteiger partial charge in [-0.15, -0.1) is 0 Å². The molecule has 1 aromatic carbocycles. The first kappa shape index (κ1) is 17.6. The number of hydrogen-bond donors (Lipinski definition) is 2. The first-order chi connectivity index (χ1) is 12.5. The molecule has 3 N–H and O–H groups in total. The number of nitrogens with zero attached hydrogens (tertiary/aromatic N) is 2. The van der Waals surface area contributed by atoms with Crippen LogP contribution in [0.2, 0.25) is 0 Å². The molecule has 0 saturated heterocycles. The van der Waals surface area contributed by atoms with E-state index in [-0.39, 0.29) is 24.4 Å². The molecule has 6 heteroatoms. The van der Waals surface area contributed by atoms with E-state index in [1.165, 1.54) is 0 Å². The summed E-state index contributed by atoms with van der Waals surface area (Å²) in [6.45, 7) is 0.924. The maximum Gasteiger partial charge on any atom is 0.254 e. The Balaban J connectivity index is 1.59. The Morgan fingerprint density at radius 1 is 1.27 bits per heavy atom. The summed E-state index contributed by atoms with van der Waals surface area (Å²) in [6.07, 6.45) is 3.76. The summed E-state index contributed by atoms with van der Waals surface area (Å²) in [5.74, 6) is 0.359. The molecule has 1 amide bonds. The smallest absolute Gasteiger partial charge is 0.254 e. The third kappa shape index (κ3) is 3.06. The van der Waals surface area contributed by atoms with Gasteiger partial charge in [0.25, 0.3) is 5.91 Å². The molecule has 2 heterocycles. The fourth-order valence-corrected chi connectivity index (χ4v) is 4.63. The molecule has 0 radical (unpaired) electrons. The Hall–Kier alpha value is -1.76. The lowest BCUT2D eigenvalue weighted by atomic mass is 9.70. The highest BCUT2D eigenvalue weighted by Gasteiger charge is 2.45. The lowest BCUT2D eigenvalue weighted by Gasteiger charge is -2.45. The number of nitrogens with two attached hydrogens (primary N) is 1. The number of fused-ring (bicyclic) bond motifs is 1. The maximum atomic E-state index is 13.0.